The van der Waals surface area contributed by atoms with Gasteiger partial charge in [0.25, 0.3) is 0 Å². The summed E-state index contributed by atoms with van der Waals surface area (Å²) in [5.74, 6) is -1.01. The van der Waals surface area contributed by atoms with Gasteiger partial charge in [0.2, 0.25) is 0 Å². The summed E-state index contributed by atoms with van der Waals surface area (Å²) in [5.41, 5.74) is 2.45. The van der Waals surface area contributed by atoms with Crippen molar-refractivity contribution in [3.05, 3.63) is 56.8 Å². The van der Waals surface area contributed by atoms with Crippen LogP contribution in [0.1, 0.15) is 36.5 Å². The van der Waals surface area contributed by atoms with E-state index in [0.29, 0.717) is 29.8 Å². The number of anilines is 1. The van der Waals surface area contributed by atoms with E-state index in [2.05, 4.69) is 5.32 Å². The quantitative estimate of drug-likeness (QED) is 0.540. The van der Waals surface area contributed by atoms with E-state index in [-0.39, 0.29) is 34.6 Å². The van der Waals surface area contributed by atoms with Crippen LogP contribution < -0.4 is 10.1 Å². The van der Waals surface area contributed by atoms with Crippen LogP contribution in [0.15, 0.2) is 24.3 Å². The number of aryl methyl sites for hydroxylation is 2. The molecule has 2 rings (SSSR count). The Labute approximate surface area is 168 Å². The van der Waals surface area contributed by atoms with Crippen molar-refractivity contribution in [1.82, 2.24) is 0 Å². The minimum atomic E-state index is -0.898. The molecule has 0 unspecified atom stereocenters. The summed E-state index contributed by atoms with van der Waals surface area (Å²) in [5, 5.41) is 12.4. The van der Waals surface area contributed by atoms with Gasteiger partial charge in [0.15, 0.2) is 11.6 Å². The zero-order chi connectivity index (χ0) is 20.0. The lowest BCUT2D eigenvalue weighted by atomic mass is 10.1. The highest BCUT2D eigenvalue weighted by molar-refractivity contribution is 6.37. The Morgan fingerprint density at radius 1 is 1.22 bits per heavy atom. The fraction of sp³-hybridized carbons (Fsp3) is 0.350. The van der Waals surface area contributed by atoms with E-state index in [9.17, 15) is 9.18 Å². The Morgan fingerprint density at radius 3 is 2.48 bits per heavy atom. The van der Waals surface area contributed by atoms with Crippen molar-refractivity contribution in [2.75, 3.05) is 11.9 Å². The molecular formula is C20H22Cl2FNO3. The predicted molar refractivity (Wildman–Crippen MR) is 107 cm³/mol. The Balaban J connectivity index is 2.16. The molecule has 0 saturated carbocycles. The number of carboxylic acids is 1. The van der Waals surface area contributed by atoms with Gasteiger partial charge in [0.05, 0.1) is 15.7 Å². The van der Waals surface area contributed by atoms with Gasteiger partial charge in [-0.25, -0.2) is 4.39 Å². The van der Waals surface area contributed by atoms with Gasteiger partial charge in [-0.05, 0) is 55.2 Å². The van der Waals surface area contributed by atoms with Crippen molar-refractivity contribution in [2.24, 2.45) is 0 Å². The third kappa shape index (κ3) is 6.01. The monoisotopic (exact) mass is 413 g/mol. The smallest absolute Gasteiger partial charge is 0.303 e. The SMILES string of the molecule is CCCNc1cc(C)cc(COc2c(Cl)cc(CCC(=O)O)cc2Cl)c1F. The number of nitrogens with one attached hydrogen (secondary N) is 1. The molecule has 0 spiro atoms. The molecule has 0 radical (unpaired) electrons. The normalized spacial score (nSPS) is 10.7. The van der Waals surface area contributed by atoms with Crippen LogP contribution in [0.25, 0.3) is 0 Å². The van der Waals surface area contributed by atoms with Crippen molar-refractivity contribution < 1.29 is 19.0 Å². The van der Waals surface area contributed by atoms with Crippen LogP contribution in [0.5, 0.6) is 5.75 Å². The van der Waals surface area contributed by atoms with Gasteiger partial charge in [-0.15, -0.1) is 0 Å². The van der Waals surface area contributed by atoms with E-state index in [1.54, 1.807) is 24.3 Å². The molecule has 0 bridgehead atoms. The average Bonchev–Trinajstić information content (AvgIpc) is 2.60. The summed E-state index contributed by atoms with van der Waals surface area (Å²) in [6.07, 6.45) is 1.18. The summed E-state index contributed by atoms with van der Waals surface area (Å²) < 4.78 is 20.3. The number of hydrogen-bond donors (Lipinski definition) is 2. The summed E-state index contributed by atoms with van der Waals surface area (Å²) in [4.78, 5) is 10.7. The maximum Gasteiger partial charge on any atom is 0.303 e. The van der Waals surface area contributed by atoms with E-state index < -0.39 is 5.97 Å². The van der Waals surface area contributed by atoms with Crippen LogP contribution in [-0.4, -0.2) is 17.6 Å². The molecule has 0 aromatic heterocycles. The first-order valence-electron chi connectivity index (χ1n) is 8.67. The van der Waals surface area contributed by atoms with E-state index in [4.69, 9.17) is 33.0 Å². The van der Waals surface area contributed by atoms with E-state index in [1.165, 1.54) is 0 Å². The molecule has 0 amide bonds. The van der Waals surface area contributed by atoms with Crippen LogP contribution in [0.3, 0.4) is 0 Å². The van der Waals surface area contributed by atoms with Crippen molar-refractivity contribution in [3.8, 4) is 5.75 Å². The molecule has 0 heterocycles. The van der Waals surface area contributed by atoms with Crippen LogP contribution >= 0.6 is 23.2 Å². The molecule has 7 heteroatoms. The summed E-state index contributed by atoms with van der Waals surface area (Å²) in [7, 11) is 0. The minimum Gasteiger partial charge on any atom is -0.486 e. The molecule has 0 aliphatic carbocycles. The van der Waals surface area contributed by atoms with Crippen LogP contribution in [0, 0.1) is 12.7 Å². The molecule has 0 aliphatic heterocycles. The highest BCUT2D eigenvalue weighted by Crippen LogP contribution is 2.35. The minimum absolute atomic E-state index is 0.0189. The van der Waals surface area contributed by atoms with Gasteiger partial charge < -0.3 is 15.2 Å². The van der Waals surface area contributed by atoms with E-state index in [0.717, 1.165) is 12.0 Å². The Hall–Kier alpha value is -1.98. The third-order valence-corrected chi connectivity index (χ3v) is 4.48. The molecule has 27 heavy (non-hydrogen) atoms. The molecule has 146 valence electrons. The molecule has 2 aromatic carbocycles. The number of carbonyl (C=O) groups is 1. The second kappa shape index (κ2) is 9.81. The Morgan fingerprint density at radius 2 is 1.89 bits per heavy atom. The molecule has 4 nitrogen and oxygen atoms in total. The highest BCUT2D eigenvalue weighted by Gasteiger charge is 2.14. The fourth-order valence-corrected chi connectivity index (χ4v) is 3.27. The number of ether oxygens (including phenoxy) is 1. The zero-order valence-corrected chi connectivity index (χ0v) is 16.8. The number of halogens is 3. The lowest BCUT2D eigenvalue weighted by molar-refractivity contribution is -0.136. The second-order valence-corrected chi connectivity index (χ2v) is 7.10. The second-order valence-electron chi connectivity index (χ2n) is 6.28. The molecule has 0 saturated heterocycles. The van der Waals surface area contributed by atoms with Gasteiger partial charge in [-0.3, -0.25) is 4.79 Å². The first-order chi connectivity index (χ1) is 12.8. The Bertz CT molecular complexity index is 804. The van der Waals surface area contributed by atoms with Gasteiger partial charge in [0, 0.05) is 18.5 Å². The largest absolute Gasteiger partial charge is 0.486 e. The standard InChI is InChI=1S/C20H22Cl2FNO3/c1-3-6-24-17-8-12(2)7-14(19(17)23)11-27-20-15(21)9-13(10-16(20)22)4-5-18(25)26/h7-10,24H,3-6,11H2,1-2H3,(H,25,26). The van der Waals surface area contributed by atoms with Gasteiger partial charge in [-0.1, -0.05) is 30.1 Å². The predicted octanol–water partition coefficient (Wildman–Crippen LogP) is 5.86. The molecule has 0 fully saturated rings. The highest BCUT2D eigenvalue weighted by atomic mass is 35.5. The maximum absolute atomic E-state index is 14.7. The van der Waals surface area contributed by atoms with Gasteiger partial charge in [0.1, 0.15) is 6.61 Å². The first-order valence-corrected chi connectivity index (χ1v) is 9.42. The molecule has 2 aromatic rings. The molecule has 2 N–H and O–H groups in total. The van der Waals surface area contributed by atoms with Gasteiger partial charge in [-0.2, -0.15) is 0 Å². The number of hydrogen-bond acceptors (Lipinski definition) is 3. The molecule has 0 atom stereocenters. The number of aliphatic carboxylic acids is 1. The summed E-state index contributed by atoms with van der Waals surface area (Å²) in [6.45, 7) is 4.55. The third-order valence-electron chi connectivity index (χ3n) is 3.92. The number of rotatable bonds is 9. The first kappa shape index (κ1) is 21.3. The van der Waals surface area contributed by atoms with E-state index >= 15 is 0 Å². The lowest BCUT2D eigenvalue weighted by Gasteiger charge is -2.15. The average molecular weight is 414 g/mol. The number of benzene rings is 2. The van der Waals surface area contributed by atoms with Crippen LogP contribution in [-0.2, 0) is 17.8 Å². The van der Waals surface area contributed by atoms with E-state index in [1.807, 2.05) is 13.8 Å². The van der Waals surface area contributed by atoms with Crippen molar-refractivity contribution in [2.45, 2.75) is 39.7 Å². The maximum atomic E-state index is 14.7. The van der Waals surface area contributed by atoms with Crippen LogP contribution in [0.4, 0.5) is 10.1 Å². The number of carboxylic acid groups (broad SMARTS) is 1. The lowest BCUT2D eigenvalue weighted by Crippen LogP contribution is -2.07. The van der Waals surface area contributed by atoms with Crippen molar-refractivity contribution in [3.63, 3.8) is 0 Å². The summed E-state index contributed by atoms with van der Waals surface area (Å²) >= 11 is 12.4. The zero-order valence-electron chi connectivity index (χ0n) is 15.2. The Kier molecular flexibility index (Phi) is 7.75. The van der Waals surface area contributed by atoms with Gasteiger partial charge >= 0.3 is 5.97 Å². The molecular weight excluding hydrogens is 392 g/mol. The topological polar surface area (TPSA) is 58.6 Å². The molecule has 0 aliphatic rings. The fourth-order valence-electron chi connectivity index (χ4n) is 2.63. The van der Waals surface area contributed by atoms with Crippen molar-refractivity contribution in [1.29, 1.82) is 0 Å². The van der Waals surface area contributed by atoms with Crippen LogP contribution in [0.2, 0.25) is 10.0 Å². The van der Waals surface area contributed by atoms with Crippen molar-refractivity contribution >= 4 is 34.9 Å². The summed E-state index contributed by atoms with van der Waals surface area (Å²) in [6, 6.07) is 6.71.